The molecule has 0 fully saturated rings. The van der Waals surface area contributed by atoms with Gasteiger partial charge in [0.15, 0.2) is 0 Å². The molecule has 148 heavy (non-hydrogen) atoms. The van der Waals surface area contributed by atoms with Crippen molar-refractivity contribution in [2.24, 2.45) is 0 Å². The fourth-order valence-corrected chi connectivity index (χ4v) is 27.4. The van der Waals surface area contributed by atoms with Crippen LogP contribution in [0.25, 0.3) is 304 Å². The maximum Gasteiger partial charge on any atom is 0.215 e. The van der Waals surface area contributed by atoms with Crippen molar-refractivity contribution in [1.29, 1.82) is 0 Å². The molecule has 0 saturated heterocycles. The number of benzene rings is 19. The predicted octanol–water partition coefficient (Wildman–Crippen LogP) is 37.3. The molecule has 688 valence electrons. The molecule has 0 aliphatic carbocycles. The van der Waals surface area contributed by atoms with Crippen molar-refractivity contribution in [2.45, 2.75) is 0 Å². The van der Waals surface area contributed by atoms with E-state index in [4.69, 9.17) is 13.8 Å². The maximum absolute atomic E-state index is 6.91. The molecule has 37 aromatic rings. The lowest BCUT2D eigenvalue weighted by Gasteiger charge is -2.13. The Hall–Kier alpha value is -19.3. The number of furan rings is 2. The van der Waals surface area contributed by atoms with Crippen LogP contribution in [0.15, 0.2) is 488 Å². The molecule has 13 heteroatoms. The lowest BCUT2D eigenvalue weighted by atomic mass is 9.98. The number of nitrogens with zero attached hydrogens (tertiary/aromatic N) is 9. The Balaban J connectivity index is 0.0000000859. The zero-order chi connectivity index (χ0) is 96.3. The second kappa shape index (κ2) is 31.1. The van der Waals surface area contributed by atoms with Gasteiger partial charge in [0.05, 0.1) is 118 Å². The first-order chi connectivity index (χ1) is 73.4. The minimum absolute atomic E-state index is 0.878. The third-order valence-corrected chi connectivity index (χ3v) is 33.7. The molecule has 19 heterocycles. The Morgan fingerprint density at radius 1 is 0.169 bits per heavy atom. The lowest BCUT2D eigenvalue weighted by Crippen LogP contribution is -1.96. The van der Waals surface area contributed by atoms with Gasteiger partial charge in [-0.2, -0.15) is 0 Å². The Morgan fingerprint density at radius 2 is 0.405 bits per heavy atom. The average Bonchev–Trinajstić information content (AvgIpc) is 1.54. The standard InChI is InChI=1S/2C34H20N2O.C34H20N2S.C33H19N3S/c1-3-16-29-27(14-1)31-32-28-15-2-4-17-30(28)36-26-13-7-11-24(20-26)22-9-5-8-21(18-22)23-10-6-12-25(19-23)35(29)33(31)37-34(32)36;1-3-13-29-27(11-1)31-32-28-12-2-4-14-30(28)36-26-10-6-8-24(20-26)22-17-15-21(16-18-22)23-7-5-9-25(19-23)35(29)33(31)37-34(32)36;1-3-13-29-27(11-1)33-31-32-34(37-33)28-12-2-4-14-30(28)36(32)26-10-6-8-24(20-26)22-17-15-21(16-18-22)23-7-5-9-25(19-23)35(29)31;1-3-16-28-24(12-1)32-30-31-33(37-32)25-13-2-4-17-29(25)36(31)23-11-6-9-21(19-23)27-15-7-14-26(34-27)20-8-5-10-22(18-20)35(28)30/h3*1-20H;1-19H. The summed E-state index contributed by atoms with van der Waals surface area (Å²) < 4.78 is 38.1. The first-order valence-electron chi connectivity index (χ1n) is 50.3. The molecule has 28 bridgehead atoms. The Labute approximate surface area is 848 Å². The molecule has 38 rings (SSSR count). The van der Waals surface area contributed by atoms with Gasteiger partial charge in [-0.25, -0.2) is 4.98 Å². The molecule has 18 aromatic heterocycles. The van der Waals surface area contributed by atoms with Crippen molar-refractivity contribution in [1.82, 2.24) is 40.5 Å². The molecule has 1 aliphatic heterocycles. The monoisotopic (exact) mass is 1920 g/mol. The second-order valence-electron chi connectivity index (χ2n) is 39.2. The highest BCUT2D eigenvalue weighted by atomic mass is 32.1. The van der Waals surface area contributed by atoms with Crippen LogP contribution in [0.3, 0.4) is 0 Å². The average molecular weight is 1920 g/mol. The van der Waals surface area contributed by atoms with E-state index in [0.717, 1.165) is 122 Å². The maximum atomic E-state index is 6.91. The molecule has 0 radical (unpaired) electrons. The van der Waals surface area contributed by atoms with Crippen LogP contribution in [0.4, 0.5) is 0 Å². The molecule has 0 unspecified atom stereocenters. The topological polar surface area (TPSA) is 75.5 Å². The molecule has 0 spiro atoms. The highest BCUT2D eigenvalue weighted by Gasteiger charge is 2.30. The first kappa shape index (κ1) is 81.3. The van der Waals surface area contributed by atoms with Crippen LogP contribution >= 0.6 is 22.7 Å². The highest BCUT2D eigenvalue weighted by Crippen LogP contribution is 2.52. The molecule has 0 N–H and O–H groups in total. The van der Waals surface area contributed by atoms with Crippen LogP contribution in [0, 0.1) is 0 Å². The number of rotatable bonds is 0. The quantitative estimate of drug-likeness (QED) is 0.152. The van der Waals surface area contributed by atoms with Gasteiger partial charge in [-0.05, 0) is 229 Å². The van der Waals surface area contributed by atoms with E-state index in [1.54, 1.807) is 0 Å². The summed E-state index contributed by atoms with van der Waals surface area (Å²) >= 11 is 3.83. The van der Waals surface area contributed by atoms with Gasteiger partial charge in [0.2, 0.25) is 22.9 Å². The van der Waals surface area contributed by atoms with E-state index in [9.17, 15) is 0 Å². The summed E-state index contributed by atoms with van der Waals surface area (Å²) in [6.45, 7) is 0. The fraction of sp³-hybridized carbons (Fsp3) is 0. The highest BCUT2D eigenvalue weighted by molar-refractivity contribution is 7.28. The normalized spacial score (nSPS) is 12.3. The van der Waals surface area contributed by atoms with Gasteiger partial charge in [0.25, 0.3) is 0 Å². The summed E-state index contributed by atoms with van der Waals surface area (Å²) in [6, 6.07) is 173. The number of fused-ring (bicyclic) bond motifs is 46. The SMILES string of the molecule is c1cc2cc(c1)-c1cccc(c1)-n1c3ccccc3c3c4c5ccccc5n(c4oc31)-c1cccc-2c1.c1cc2nc(c1)c1cccc(c1)n1c3ccccc3c3sc4c5ccccc5n(c5cccc2c5)c4c31.c1ccc2c(c1)c1c3c4ccccc4n4c5cccc(c5)c5ccc(cc5)c5cccc(c5)n2c1oc34.c1ccc2c(c1)c1sc3c4ccccc4n4c5cccc(c5)c5ccc(cc5)c5cccc(c5)n2c1c34. The van der Waals surface area contributed by atoms with E-state index < -0.39 is 0 Å². The summed E-state index contributed by atoms with van der Waals surface area (Å²) in [6.07, 6.45) is 0. The second-order valence-corrected chi connectivity index (χ2v) is 41.2. The van der Waals surface area contributed by atoms with Crippen molar-refractivity contribution in [3.8, 4) is 33.6 Å². The van der Waals surface area contributed by atoms with Gasteiger partial charge in [0, 0.05) is 98.3 Å². The van der Waals surface area contributed by atoms with E-state index in [2.05, 4.69) is 515 Å². The molecular weight excluding hydrogens is 1840 g/mol. The largest absolute Gasteiger partial charge is 0.422 e. The van der Waals surface area contributed by atoms with Crippen LogP contribution in [-0.4, -0.2) is 40.5 Å². The molecule has 11 nitrogen and oxygen atoms in total. The summed E-state index contributed by atoms with van der Waals surface area (Å²) in [4.78, 5) is 5.10. The third-order valence-electron chi connectivity index (χ3n) is 31.2. The zero-order valence-electron chi connectivity index (χ0n) is 79.3. The third kappa shape index (κ3) is 11.8. The minimum Gasteiger partial charge on any atom is -0.422 e. The van der Waals surface area contributed by atoms with Crippen LogP contribution in [0.1, 0.15) is 0 Å². The number of para-hydroxylation sites is 8. The van der Waals surface area contributed by atoms with Gasteiger partial charge < -0.3 is 26.4 Å². The smallest absolute Gasteiger partial charge is 0.215 e. The fourth-order valence-electron chi connectivity index (χ4n) is 24.7. The van der Waals surface area contributed by atoms with Crippen molar-refractivity contribution in [3.63, 3.8) is 0 Å². The number of pyridine rings is 1. The summed E-state index contributed by atoms with van der Waals surface area (Å²) in [7, 11) is 0. The Kier molecular flexibility index (Phi) is 17.1. The van der Waals surface area contributed by atoms with Gasteiger partial charge >= 0.3 is 0 Å². The number of aromatic nitrogens is 9. The van der Waals surface area contributed by atoms with Crippen LogP contribution < -0.4 is 0 Å². The molecule has 1 aliphatic rings. The van der Waals surface area contributed by atoms with Gasteiger partial charge in [-0.3, -0.25) is 17.9 Å². The van der Waals surface area contributed by atoms with Crippen molar-refractivity contribution < 1.29 is 8.83 Å². The lowest BCUT2D eigenvalue weighted by molar-refractivity contribution is 0.624. The number of hydrogen-bond donors (Lipinski definition) is 0. The Bertz CT molecular complexity index is 11400. The summed E-state index contributed by atoms with van der Waals surface area (Å²) in [5.74, 6) is 0. The van der Waals surface area contributed by atoms with Crippen LogP contribution in [0.2, 0.25) is 0 Å². The van der Waals surface area contributed by atoms with Crippen molar-refractivity contribution in [3.05, 3.63) is 479 Å². The molecule has 19 aromatic carbocycles. The van der Waals surface area contributed by atoms with E-state index in [-0.39, 0.29) is 0 Å². The minimum atomic E-state index is 0.878. The molecule has 0 atom stereocenters. The van der Waals surface area contributed by atoms with Crippen LogP contribution in [0.5, 0.6) is 0 Å². The first-order valence-corrected chi connectivity index (χ1v) is 52.0. The zero-order valence-corrected chi connectivity index (χ0v) is 80.9. The van der Waals surface area contributed by atoms with E-state index in [1.807, 2.05) is 22.7 Å². The summed E-state index contributed by atoms with van der Waals surface area (Å²) in [5, 5.41) is 26.6. The van der Waals surface area contributed by atoms with Gasteiger partial charge in [-0.1, -0.05) is 315 Å². The van der Waals surface area contributed by atoms with Crippen molar-refractivity contribution in [2.75, 3.05) is 0 Å². The molecule has 0 saturated carbocycles. The van der Waals surface area contributed by atoms with Crippen LogP contribution in [-0.2, 0) is 0 Å². The van der Waals surface area contributed by atoms with Gasteiger partial charge in [0.1, 0.15) is 0 Å². The summed E-state index contributed by atoms with van der Waals surface area (Å²) in [5.41, 5.74) is 33.9. The molecule has 0 amide bonds. The van der Waals surface area contributed by atoms with Gasteiger partial charge in [-0.15, -0.1) is 22.7 Å². The van der Waals surface area contributed by atoms with E-state index in [1.165, 1.54) is 182 Å². The van der Waals surface area contributed by atoms with E-state index >= 15 is 0 Å². The van der Waals surface area contributed by atoms with Crippen molar-refractivity contribution >= 4 is 293 Å². The molecular formula is C135H79N9O2S2. The van der Waals surface area contributed by atoms with E-state index in [0.29, 0.717) is 0 Å². The number of thiophene rings is 2. The Morgan fingerprint density at radius 3 is 0.736 bits per heavy atom. The number of hydrogen-bond acceptors (Lipinski definition) is 5. The predicted molar refractivity (Wildman–Crippen MR) is 624 cm³/mol.